The van der Waals surface area contributed by atoms with Gasteiger partial charge in [-0.25, -0.2) is 0 Å². The Morgan fingerprint density at radius 1 is 1.31 bits per heavy atom. The number of amides is 1. The van der Waals surface area contributed by atoms with E-state index < -0.39 is 4.92 Å². The zero-order valence-electron chi connectivity index (χ0n) is 7.57. The average molecular weight is 186 g/mol. The minimum Gasteiger partial charge on any atom is -0.342 e. The van der Waals surface area contributed by atoms with Crippen LogP contribution in [0.25, 0.3) is 0 Å². The van der Waals surface area contributed by atoms with E-state index in [2.05, 4.69) is 0 Å². The molecule has 0 N–H and O–H groups in total. The molecule has 0 saturated carbocycles. The third-order valence-corrected chi connectivity index (χ3v) is 2.22. The molecule has 0 atom stereocenters. The molecule has 1 aliphatic rings. The summed E-state index contributed by atoms with van der Waals surface area (Å²) in [5.74, 6) is -0.0728. The quantitative estimate of drug-likeness (QED) is 0.480. The Morgan fingerprint density at radius 3 is 2.46 bits per heavy atom. The van der Waals surface area contributed by atoms with Crippen LogP contribution in [0.2, 0.25) is 0 Å². The highest BCUT2D eigenvalue weighted by Crippen LogP contribution is 2.09. The Balaban J connectivity index is 2.25. The second-order valence-electron chi connectivity index (χ2n) is 3.25. The van der Waals surface area contributed by atoms with Crippen molar-refractivity contribution >= 4 is 5.91 Å². The first-order valence-corrected chi connectivity index (χ1v) is 4.60. The normalized spacial score (nSPS) is 17.1. The molecular weight excluding hydrogens is 172 g/mol. The van der Waals surface area contributed by atoms with Gasteiger partial charge in [0.15, 0.2) is 0 Å². The van der Waals surface area contributed by atoms with Crippen LogP contribution in [-0.4, -0.2) is 35.4 Å². The molecule has 13 heavy (non-hydrogen) atoms. The molecule has 0 aliphatic carbocycles. The van der Waals surface area contributed by atoms with Crippen LogP contribution in [0, 0.1) is 10.1 Å². The van der Waals surface area contributed by atoms with Crippen molar-refractivity contribution in [2.45, 2.75) is 25.7 Å². The molecule has 1 amide bonds. The fourth-order valence-electron chi connectivity index (χ4n) is 1.49. The summed E-state index contributed by atoms with van der Waals surface area (Å²) in [6, 6.07) is 0. The van der Waals surface area contributed by atoms with Crippen LogP contribution in [0.4, 0.5) is 0 Å². The molecule has 5 nitrogen and oxygen atoms in total. The first kappa shape index (κ1) is 9.95. The highest BCUT2D eigenvalue weighted by Gasteiger charge is 2.17. The Hall–Kier alpha value is -1.13. The number of nitrogens with zero attached hydrogens (tertiary/aromatic N) is 2. The van der Waals surface area contributed by atoms with Gasteiger partial charge in [0.1, 0.15) is 0 Å². The number of piperidine rings is 1. The predicted octanol–water partition coefficient (Wildman–Crippen LogP) is 0.666. The number of hydrogen-bond donors (Lipinski definition) is 0. The third kappa shape index (κ3) is 3.40. The molecular formula is C8H14N2O3. The van der Waals surface area contributed by atoms with Crippen LogP contribution in [-0.2, 0) is 4.79 Å². The Bertz CT molecular complexity index is 200. The maximum atomic E-state index is 11.3. The minimum absolute atomic E-state index is 0.0486. The van der Waals surface area contributed by atoms with Gasteiger partial charge in [0.05, 0.1) is 6.42 Å². The number of hydrogen-bond acceptors (Lipinski definition) is 3. The van der Waals surface area contributed by atoms with Crippen molar-refractivity contribution in [1.29, 1.82) is 0 Å². The van der Waals surface area contributed by atoms with E-state index in [1.54, 1.807) is 4.90 Å². The van der Waals surface area contributed by atoms with Crippen molar-refractivity contribution in [2.75, 3.05) is 19.6 Å². The fraction of sp³-hybridized carbons (Fsp3) is 0.875. The minimum atomic E-state index is -0.443. The Labute approximate surface area is 76.9 Å². The van der Waals surface area contributed by atoms with Crippen LogP contribution >= 0.6 is 0 Å². The third-order valence-electron chi connectivity index (χ3n) is 2.22. The first-order chi connectivity index (χ1) is 6.20. The molecule has 0 spiro atoms. The molecule has 74 valence electrons. The number of carbonyl (C=O) groups excluding carboxylic acids is 1. The van der Waals surface area contributed by atoms with Gasteiger partial charge in [-0.1, -0.05) is 0 Å². The molecule has 0 bridgehead atoms. The van der Waals surface area contributed by atoms with Crippen molar-refractivity contribution in [3.8, 4) is 0 Å². The van der Waals surface area contributed by atoms with Crippen molar-refractivity contribution < 1.29 is 9.72 Å². The summed E-state index contributed by atoms with van der Waals surface area (Å²) < 4.78 is 0. The maximum absolute atomic E-state index is 11.3. The standard InChI is InChI=1S/C8H14N2O3/c11-8(4-7-10(12)13)9-5-2-1-3-6-9/h1-7H2. The van der Waals surface area contributed by atoms with Crippen LogP contribution in [0.1, 0.15) is 25.7 Å². The van der Waals surface area contributed by atoms with E-state index in [1.807, 2.05) is 0 Å². The van der Waals surface area contributed by atoms with Crippen molar-refractivity contribution in [2.24, 2.45) is 0 Å². The zero-order valence-corrected chi connectivity index (χ0v) is 7.57. The van der Waals surface area contributed by atoms with Gasteiger partial charge in [0, 0.05) is 18.0 Å². The predicted molar refractivity (Wildman–Crippen MR) is 46.9 cm³/mol. The highest BCUT2D eigenvalue weighted by molar-refractivity contribution is 5.76. The molecule has 5 heteroatoms. The van der Waals surface area contributed by atoms with Crippen LogP contribution in [0.5, 0.6) is 0 Å². The summed E-state index contributed by atoms with van der Waals surface area (Å²) in [7, 11) is 0. The molecule has 0 aromatic rings. The average Bonchev–Trinajstić information content (AvgIpc) is 2.15. The second kappa shape index (κ2) is 4.79. The van der Waals surface area contributed by atoms with E-state index in [1.165, 1.54) is 6.42 Å². The van der Waals surface area contributed by atoms with Gasteiger partial charge in [-0.05, 0) is 19.3 Å². The van der Waals surface area contributed by atoms with Gasteiger partial charge >= 0.3 is 0 Å². The molecule has 0 radical (unpaired) electrons. The lowest BCUT2D eigenvalue weighted by Gasteiger charge is -2.26. The number of carbonyl (C=O) groups is 1. The van der Waals surface area contributed by atoms with Gasteiger partial charge in [0.25, 0.3) is 0 Å². The molecule has 1 rings (SSSR count). The molecule has 1 saturated heterocycles. The smallest absolute Gasteiger partial charge is 0.229 e. The van der Waals surface area contributed by atoms with E-state index in [4.69, 9.17) is 0 Å². The summed E-state index contributed by atoms with van der Waals surface area (Å²) in [4.78, 5) is 22.6. The van der Waals surface area contributed by atoms with Gasteiger partial charge in [-0.3, -0.25) is 14.9 Å². The van der Waals surface area contributed by atoms with E-state index in [0.29, 0.717) is 0 Å². The summed E-state index contributed by atoms with van der Waals surface area (Å²) in [6.07, 6.45) is 3.28. The molecule has 1 heterocycles. The Kier molecular flexibility index (Phi) is 3.67. The lowest BCUT2D eigenvalue weighted by Crippen LogP contribution is -2.36. The number of rotatable bonds is 3. The second-order valence-corrected chi connectivity index (χ2v) is 3.25. The van der Waals surface area contributed by atoms with Gasteiger partial charge < -0.3 is 4.90 Å². The van der Waals surface area contributed by atoms with E-state index >= 15 is 0 Å². The van der Waals surface area contributed by atoms with E-state index in [9.17, 15) is 14.9 Å². The molecule has 0 aromatic carbocycles. The van der Waals surface area contributed by atoms with Crippen molar-refractivity contribution in [3.05, 3.63) is 10.1 Å². The summed E-state index contributed by atoms with van der Waals surface area (Å²) in [6.45, 7) is 1.31. The lowest BCUT2D eigenvalue weighted by atomic mass is 10.1. The lowest BCUT2D eigenvalue weighted by molar-refractivity contribution is -0.478. The molecule has 1 aliphatic heterocycles. The van der Waals surface area contributed by atoms with Crippen molar-refractivity contribution in [1.82, 2.24) is 4.90 Å². The monoisotopic (exact) mass is 186 g/mol. The maximum Gasteiger partial charge on any atom is 0.229 e. The topological polar surface area (TPSA) is 63.4 Å². The summed E-state index contributed by atoms with van der Waals surface area (Å²) in [5, 5.41) is 10.0. The number of nitro groups is 1. The highest BCUT2D eigenvalue weighted by atomic mass is 16.6. The van der Waals surface area contributed by atoms with Crippen molar-refractivity contribution in [3.63, 3.8) is 0 Å². The number of likely N-dealkylation sites (tertiary alicyclic amines) is 1. The fourth-order valence-corrected chi connectivity index (χ4v) is 1.49. The zero-order chi connectivity index (χ0) is 9.68. The van der Waals surface area contributed by atoms with E-state index in [0.717, 1.165) is 25.9 Å². The summed E-state index contributed by atoms with van der Waals surface area (Å²) >= 11 is 0. The largest absolute Gasteiger partial charge is 0.342 e. The molecule has 0 aromatic heterocycles. The van der Waals surface area contributed by atoms with Crippen LogP contribution in [0.3, 0.4) is 0 Å². The Morgan fingerprint density at radius 2 is 1.92 bits per heavy atom. The summed E-state index contributed by atoms with van der Waals surface area (Å²) in [5.41, 5.74) is 0. The van der Waals surface area contributed by atoms with Gasteiger partial charge in [-0.15, -0.1) is 0 Å². The van der Waals surface area contributed by atoms with Gasteiger partial charge in [0.2, 0.25) is 12.5 Å². The first-order valence-electron chi connectivity index (χ1n) is 4.60. The molecule has 1 fully saturated rings. The van der Waals surface area contributed by atoms with Gasteiger partial charge in [-0.2, -0.15) is 0 Å². The van der Waals surface area contributed by atoms with Crippen LogP contribution < -0.4 is 0 Å². The molecule has 0 unspecified atom stereocenters. The SMILES string of the molecule is O=C(CC[N+](=O)[O-])N1CCCCC1. The van der Waals surface area contributed by atoms with E-state index in [-0.39, 0.29) is 18.9 Å². The van der Waals surface area contributed by atoms with Crippen LogP contribution in [0.15, 0.2) is 0 Å².